The summed E-state index contributed by atoms with van der Waals surface area (Å²) >= 11 is 0. The number of alkyl halides is 3. The Morgan fingerprint density at radius 2 is 1.81 bits per heavy atom. The zero-order valence-electron chi connectivity index (χ0n) is 20.0. The number of carbonyl (C=O) groups excluding carboxylic acids is 1. The SMILES string of the molecule is O=C(NC(Cc1cccc(OCC(F)(F)F)c1)C(O)c1ccc(F)cc1)c1cccc2c1C=CCCC2. The van der Waals surface area contributed by atoms with Crippen molar-refractivity contribution in [2.75, 3.05) is 6.61 Å². The van der Waals surface area contributed by atoms with Gasteiger partial charge in [-0.3, -0.25) is 4.79 Å². The van der Waals surface area contributed by atoms with Crippen molar-refractivity contribution in [3.8, 4) is 5.75 Å². The lowest BCUT2D eigenvalue weighted by Crippen LogP contribution is -2.41. The molecule has 1 aliphatic rings. The minimum Gasteiger partial charge on any atom is -0.484 e. The summed E-state index contributed by atoms with van der Waals surface area (Å²) in [6.45, 7) is -1.43. The van der Waals surface area contributed by atoms with E-state index in [1.807, 2.05) is 24.3 Å². The number of hydrogen-bond acceptors (Lipinski definition) is 3. The Hall–Kier alpha value is -3.65. The molecule has 0 heterocycles. The van der Waals surface area contributed by atoms with Crippen LogP contribution in [0.15, 0.2) is 72.8 Å². The van der Waals surface area contributed by atoms with Crippen LogP contribution in [0.25, 0.3) is 6.08 Å². The molecule has 1 amide bonds. The molecule has 0 bridgehead atoms. The number of amides is 1. The lowest BCUT2D eigenvalue weighted by atomic mass is 9.94. The summed E-state index contributed by atoms with van der Waals surface area (Å²) in [5.41, 5.74) is 3.30. The van der Waals surface area contributed by atoms with Gasteiger partial charge in [0.2, 0.25) is 0 Å². The van der Waals surface area contributed by atoms with Gasteiger partial charge in [-0.1, -0.05) is 48.6 Å². The lowest BCUT2D eigenvalue weighted by molar-refractivity contribution is -0.153. The minimum absolute atomic E-state index is 0.0229. The predicted octanol–water partition coefficient (Wildman–Crippen LogP) is 6.19. The van der Waals surface area contributed by atoms with Crippen LogP contribution in [-0.4, -0.2) is 29.8 Å². The lowest BCUT2D eigenvalue weighted by Gasteiger charge is -2.26. The Labute approximate surface area is 212 Å². The van der Waals surface area contributed by atoms with Crippen molar-refractivity contribution in [1.29, 1.82) is 0 Å². The average Bonchev–Trinajstić information content (AvgIpc) is 3.12. The van der Waals surface area contributed by atoms with E-state index in [2.05, 4.69) is 5.32 Å². The number of aryl methyl sites for hydroxylation is 1. The molecule has 3 aromatic carbocycles. The second-order valence-corrected chi connectivity index (χ2v) is 9.00. The van der Waals surface area contributed by atoms with Crippen LogP contribution in [0, 0.1) is 5.82 Å². The molecular formula is C29H27F4NO3. The zero-order chi connectivity index (χ0) is 26.4. The van der Waals surface area contributed by atoms with Gasteiger partial charge in [0.05, 0.1) is 12.1 Å². The summed E-state index contributed by atoms with van der Waals surface area (Å²) in [6, 6.07) is 16.0. The van der Waals surface area contributed by atoms with Crippen LogP contribution in [0.2, 0.25) is 0 Å². The van der Waals surface area contributed by atoms with Crippen molar-refractivity contribution in [1.82, 2.24) is 5.32 Å². The smallest absolute Gasteiger partial charge is 0.422 e. The van der Waals surface area contributed by atoms with Crippen molar-refractivity contribution >= 4 is 12.0 Å². The van der Waals surface area contributed by atoms with Gasteiger partial charge in [0, 0.05) is 5.56 Å². The van der Waals surface area contributed by atoms with E-state index in [1.165, 1.54) is 36.4 Å². The van der Waals surface area contributed by atoms with E-state index in [0.717, 1.165) is 30.4 Å². The van der Waals surface area contributed by atoms with E-state index in [0.29, 0.717) is 16.7 Å². The molecule has 4 nitrogen and oxygen atoms in total. The molecule has 8 heteroatoms. The largest absolute Gasteiger partial charge is 0.484 e. The van der Waals surface area contributed by atoms with Gasteiger partial charge >= 0.3 is 6.18 Å². The van der Waals surface area contributed by atoms with Gasteiger partial charge in [-0.05, 0) is 78.3 Å². The normalized spacial score (nSPS) is 14.8. The molecule has 2 atom stereocenters. The highest BCUT2D eigenvalue weighted by Gasteiger charge is 2.29. The number of halogens is 4. The van der Waals surface area contributed by atoms with Gasteiger partial charge in [-0.25, -0.2) is 4.39 Å². The maximum Gasteiger partial charge on any atom is 0.422 e. The summed E-state index contributed by atoms with van der Waals surface area (Å²) in [4.78, 5) is 13.4. The first-order valence-corrected chi connectivity index (χ1v) is 12.0. The number of aliphatic hydroxyl groups is 1. The topological polar surface area (TPSA) is 58.6 Å². The van der Waals surface area contributed by atoms with Crippen molar-refractivity contribution in [3.63, 3.8) is 0 Å². The summed E-state index contributed by atoms with van der Waals surface area (Å²) in [5.74, 6) is -0.835. The van der Waals surface area contributed by atoms with Crippen molar-refractivity contribution < 1.29 is 32.2 Å². The van der Waals surface area contributed by atoms with Crippen LogP contribution in [0.5, 0.6) is 5.75 Å². The second-order valence-electron chi connectivity index (χ2n) is 9.00. The van der Waals surface area contributed by atoms with Gasteiger partial charge in [0.15, 0.2) is 6.61 Å². The van der Waals surface area contributed by atoms with E-state index in [4.69, 9.17) is 4.74 Å². The molecule has 194 valence electrons. The number of nitrogens with one attached hydrogen (secondary N) is 1. The maximum absolute atomic E-state index is 13.5. The fraction of sp³-hybridized carbons (Fsp3) is 0.276. The Morgan fingerprint density at radius 3 is 2.57 bits per heavy atom. The molecule has 4 rings (SSSR count). The fourth-order valence-corrected chi connectivity index (χ4v) is 4.40. The van der Waals surface area contributed by atoms with E-state index in [1.54, 1.807) is 18.2 Å². The number of fused-ring (bicyclic) bond motifs is 1. The fourth-order valence-electron chi connectivity index (χ4n) is 4.40. The maximum atomic E-state index is 13.5. The summed E-state index contributed by atoms with van der Waals surface area (Å²) in [6.07, 6.45) is 1.11. The van der Waals surface area contributed by atoms with Crippen LogP contribution >= 0.6 is 0 Å². The summed E-state index contributed by atoms with van der Waals surface area (Å²) in [7, 11) is 0. The molecule has 3 aromatic rings. The molecule has 0 aliphatic heterocycles. The zero-order valence-corrected chi connectivity index (χ0v) is 20.0. The van der Waals surface area contributed by atoms with Crippen LogP contribution in [0.4, 0.5) is 17.6 Å². The standard InChI is InChI=1S/C29H27F4NO3/c30-22-14-12-21(13-15-22)27(35)26(17-19-6-4-9-23(16-19)37-18-29(31,32)33)34-28(36)25-11-5-8-20-7-2-1-3-10-24(20)25/h3-6,8-16,26-27,35H,1-2,7,17-18H2,(H,34,36). The number of ether oxygens (including phenoxy) is 1. The molecule has 2 N–H and O–H groups in total. The molecule has 0 fully saturated rings. The average molecular weight is 514 g/mol. The molecule has 1 aliphatic carbocycles. The third-order valence-electron chi connectivity index (χ3n) is 6.21. The Balaban J connectivity index is 1.61. The first kappa shape index (κ1) is 26.4. The van der Waals surface area contributed by atoms with Gasteiger partial charge in [0.1, 0.15) is 11.6 Å². The van der Waals surface area contributed by atoms with Crippen molar-refractivity contribution in [2.45, 2.75) is 44.0 Å². The van der Waals surface area contributed by atoms with Crippen LogP contribution in [-0.2, 0) is 12.8 Å². The molecule has 0 radical (unpaired) electrons. The monoisotopic (exact) mass is 513 g/mol. The highest BCUT2D eigenvalue weighted by Crippen LogP contribution is 2.26. The first-order chi connectivity index (χ1) is 17.7. The summed E-state index contributed by atoms with van der Waals surface area (Å²) in [5, 5.41) is 14.1. The highest BCUT2D eigenvalue weighted by atomic mass is 19.4. The molecular weight excluding hydrogens is 486 g/mol. The van der Waals surface area contributed by atoms with Crippen LogP contribution in [0.1, 0.15) is 51.6 Å². The van der Waals surface area contributed by atoms with Gasteiger partial charge in [-0.2, -0.15) is 13.2 Å². The van der Waals surface area contributed by atoms with Gasteiger partial charge in [-0.15, -0.1) is 0 Å². The Kier molecular flexibility index (Phi) is 8.28. The molecule has 0 saturated carbocycles. The molecule has 0 aromatic heterocycles. The minimum atomic E-state index is -4.48. The number of carbonyl (C=O) groups is 1. The third kappa shape index (κ3) is 7.20. The quantitative estimate of drug-likeness (QED) is 0.353. The second kappa shape index (κ2) is 11.6. The first-order valence-electron chi connectivity index (χ1n) is 12.0. The molecule has 0 saturated heterocycles. The number of rotatable bonds is 8. The van der Waals surface area contributed by atoms with Crippen LogP contribution in [0.3, 0.4) is 0 Å². The third-order valence-corrected chi connectivity index (χ3v) is 6.21. The number of benzene rings is 3. The molecule has 2 unspecified atom stereocenters. The van der Waals surface area contributed by atoms with E-state index in [9.17, 15) is 27.5 Å². The predicted molar refractivity (Wildman–Crippen MR) is 133 cm³/mol. The number of allylic oxidation sites excluding steroid dienone is 1. The molecule has 37 heavy (non-hydrogen) atoms. The summed E-state index contributed by atoms with van der Waals surface area (Å²) < 4.78 is 56.1. The number of hydrogen-bond donors (Lipinski definition) is 2. The Morgan fingerprint density at radius 1 is 1.05 bits per heavy atom. The van der Waals surface area contributed by atoms with Crippen molar-refractivity contribution in [2.24, 2.45) is 0 Å². The number of aliphatic hydroxyl groups excluding tert-OH is 1. The molecule has 0 spiro atoms. The highest BCUT2D eigenvalue weighted by molar-refractivity contribution is 5.98. The van der Waals surface area contributed by atoms with E-state index >= 15 is 0 Å². The van der Waals surface area contributed by atoms with Crippen LogP contribution < -0.4 is 10.1 Å². The Bertz CT molecular complexity index is 1250. The van der Waals surface area contributed by atoms with Gasteiger partial charge < -0.3 is 15.2 Å². The van der Waals surface area contributed by atoms with Crippen molar-refractivity contribution in [3.05, 3.63) is 106 Å². The van der Waals surface area contributed by atoms with E-state index < -0.39 is 30.7 Å². The van der Waals surface area contributed by atoms with E-state index in [-0.39, 0.29) is 18.1 Å². The van der Waals surface area contributed by atoms with Gasteiger partial charge in [0.25, 0.3) is 5.91 Å².